The Balaban J connectivity index is 1.47. The summed E-state index contributed by atoms with van der Waals surface area (Å²) in [6.45, 7) is 1.80. The van der Waals surface area contributed by atoms with Crippen LogP contribution in [-0.2, 0) is 6.42 Å². The first-order valence-electron chi connectivity index (χ1n) is 7.21. The summed E-state index contributed by atoms with van der Waals surface area (Å²) in [6.07, 6.45) is 0.993. The highest BCUT2D eigenvalue weighted by Crippen LogP contribution is 2.33. The summed E-state index contributed by atoms with van der Waals surface area (Å²) < 4.78 is 1.09. The van der Waals surface area contributed by atoms with E-state index in [1.165, 1.54) is 16.8 Å². The van der Waals surface area contributed by atoms with E-state index >= 15 is 0 Å². The minimum Gasteiger partial charge on any atom is -0.357 e. The molecule has 22 heavy (non-hydrogen) atoms. The summed E-state index contributed by atoms with van der Waals surface area (Å²) >= 11 is 9.55. The minimum atomic E-state index is 0.776. The largest absolute Gasteiger partial charge is 0.357 e. The van der Waals surface area contributed by atoms with Crippen molar-refractivity contribution in [1.82, 2.24) is 5.01 Å². The fraction of sp³-hybridized carbons (Fsp3) is 0.176. The van der Waals surface area contributed by atoms with Gasteiger partial charge in [0.25, 0.3) is 0 Å². The lowest BCUT2D eigenvalue weighted by atomic mass is 9.99. The molecule has 2 N–H and O–H groups in total. The summed E-state index contributed by atoms with van der Waals surface area (Å²) in [5.41, 5.74) is 9.75. The fourth-order valence-corrected chi connectivity index (χ4v) is 3.41. The van der Waals surface area contributed by atoms with Gasteiger partial charge in [0.2, 0.25) is 0 Å². The maximum Gasteiger partial charge on any atom is 0.0584 e. The molecule has 2 aromatic rings. The van der Waals surface area contributed by atoms with Gasteiger partial charge in [-0.2, -0.15) is 0 Å². The second-order valence-electron chi connectivity index (χ2n) is 5.66. The highest BCUT2D eigenvalue weighted by Gasteiger charge is 2.26. The molecule has 0 atom stereocenters. The zero-order valence-corrected chi connectivity index (χ0v) is 14.2. The Hall–Kier alpha value is -1.49. The van der Waals surface area contributed by atoms with Crippen LogP contribution in [0.1, 0.15) is 5.56 Å². The molecule has 0 saturated heterocycles. The van der Waals surface area contributed by atoms with Crippen LogP contribution < -0.4 is 10.7 Å². The molecule has 4 rings (SSSR count). The van der Waals surface area contributed by atoms with Gasteiger partial charge in [0.05, 0.1) is 6.54 Å². The van der Waals surface area contributed by atoms with Gasteiger partial charge in [0.1, 0.15) is 0 Å². The highest BCUT2D eigenvalue weighted by atomic mass is 79.9. The molecule has 0 amide bonds. The normalized spacial score (nSPS) is 17.0. The van der Waals surface area contributed by atoms with Crippen LogP contribution in [0, 0.1) is 0 Å². The second kappa shape index (κ2) is 5.61. The van der Waals surface area contributed by atoms with Crippen LogP contribution >= 0.6 is 27.5 Å². The second-order valence-corrected chi connectivity index (χ2v) is 7.01. The number of benzene rings is 2. The van der Waals surface area contributed by atoms with Crippen molar-refractivity contribution in [1.29, 1.82) is 0 Å². The molecule has 0 spiro atoms. The van der Waals surface area contributed by atoms with E-state index in [0.29, 0.717) is 0 Å². The van der Waals surface area contributed by atoms with Crippen LogP contribution in [-0.4, -0.2) is 18.1 Å². The van der Waals surface area contributed by atoms with Gasteiger partial charge in [-0.3, -0.25) is 0 Å². The van der Waals surface area contributed by atoms with Crippen LogP contribution in [0.15, 0.2) is 58.2 Å². The standard InChI is InChI=1S/C17H15BrClN3/c18-13-2-5-15(6-3-13)21-22-9-12-7-11-1-4-14(19)8-16(11)20-17(12)10-22/h1-6,8,20-21H,7,9-10H2. The van der Waals surface area contributed by atoms with Gasteiger partial charge in [-0.05, 0) is 54.0 Å². The van der Waals surface area contributed by atoms with Crippen molar-refractivity contribution >= 4 is 38.9 Å². The lowest BCUT2D eigenvalue weighted by Gasteiger charge is -2.20. The molecule has 0 aliphatic carbocycles. The van der Waals surface area contributed by atoms with Gasteiger partial charge in [-0.1, -0.05) is 33.6 Å². The number of anilines is 2. The number of halogens is 2. The summed E-state index contributed by atoms with van der Waals surface area (Å²) in [7, 11) is 0. The number of hydrazine groups is 1. The zero-order chi connectivity index (χ0) is 15.1. The van der Waals surface area contributed by atoms with Crippen LogP contribution in [0.5, 0.6) is 0 Å². The molecule has 3 nitrogen and oxygen atoms in total. The van der Waals surface area contributed by atoms with E-state index in [2.05, 4.69) is 49.9 Å². The first-order chi connectivity index (χ1) is 10.7. The summed E-state index contributed by atoms with van der Waals surface area (Å²) in [5.74, 6) is 0. The van der Waals surface area contributed by atoms with Crippen LogP contribution in [0.2, 0.25) is 5.02 Å². The summed E-state index contributed by atoms with van der Waals surface area (Å²) in [4.78, 5) is 0. The average Bonchev–Trinajstić information content (AvgIpc) is 2.88. The van der Waals surface area contributed by atoms with Crippen molar-refractivity contribution in [2.45, 2.75) is 6.42 Å². The summed E-state index contributed by atoms with van der Waals surface area (Å²) in [6, 6.07) is 14.3. The number of hydrogen-bond donors (Lipinski definition) is 2. The third kappa shape index (κ3) is 2.74. The van der Waals surface area contributed by atoms with E-state index in [-0.39, 0.29) is 0 Å². The number of nitrogens with one attached hydrogen (secondary N) is 2. The maximum atomic E-state index is 6.09. The highest BCUT2D eigenvalue weighted by molar-refractivity contribution is 9.10. The molecular weight excluding hydrogens is 362 g/mol. The molecule has 2 aliphatic rings. The Morgan fingerprint density at radius 1 is 1.09 bits per heavy atom. The average molecular weight is 377 g/mol. The van der Waals surface area contributed by atoms with Crippen molar-refractivity contribution in [3.63, 3.8) is 0 Å². The van der Waals surface area contributed by atoms with Crippen molar-refractivity contribution in [3.05, 3.63) is 68.8 Å². The number of hydrogen-bond acceptors (Lipinski definition) is 3. The Morgan fingerprint density at radius 3 is 2.73 bits per heavy atom. The maximum absolute atomic E-state index is 6.09. The Kier molecular flexibility index (Phi) is 3.60. The van der Waals surface area contributed by atoms with E-state index in [1.54, 1.807) is 0 Å². The van der Waals surface area contributed by atoms with Gasteiger partial charge in [0, 0.05) is 33.1 Å². The van der Waals surface area contributed by atoms with E-state index in [1.807, 2.05) is 24.3 Å². The van der Waals surface area contributed by atoms with Crippen molar-refractivity contribution in [2.75, 3.05) is 23.8 Å². The molecule has 2 aliphatic heterocycles. The first kappa shape index (κ1) is 14.1. The Morgan fingerprint density at radius 2 is 1.91 bits per heavy atom. The Bertz CT molecular complexity index is 755. The van der Waals surface area contributed by atoms with Gasteiger partial charge in [-0.25, -0.2) is 5.01 Å². The Labute approximate surface area is 143 Å². The van der Waals surface area contributed by atoms with Crippen LogP contribution in [0.4, 0.5) is 11.4 Å². The van der Waals surface area contributed by atoms with Crippen LogP contribution in [0.25, 0.3) is 0 Å². The molecule has 2 heterocycles. The molecule has 112 valence electrons. The SMILES string of the molecule is Clc1ccc2c(c1)NC1=C(C2)CN(Nc2ccc(Br)cc2)C1. The smallest absolute Gasteiger partial charge is 0.0584 e. The summed E-state index contributed by atoms with van der Waals surface area (Å²) in [5, 5.41) is 6.54. The number of rotatable bonds is 2. The molecule has 0 unspecified atom stereocenters. The molecule has 5 heteroatoms. The van der Waals surface area contributed by atoms with E-state index in [9.17, 15) is 0 Å². The lowest BCUT2D eigenvalue weighted by Crippen LogP contribution is -2.28. The van der Waals surface area contributed by atoms with Gasteiger partial charge in [-0.15, -0.1) is 0 Å². The molecule has 0 radical (unpaired) electrons. The third-order valence-corrected chi connectivity index (χ3v) is 4.81. The number of fused-ring (bicyclic) bond motifs is 1. The molecule has 0 saturated carbocycles. The molecule has 2 aromatic carbocycles. The van der Waals surface area contributed by atoms with Gasteiger partial charge >= 0.3 is 0 Å². The van der Waals surface area contributed by atoms with Gasteiger partial charge in [0.15, 0.2) is 0 Å². The topological polar surface area (TPSA) is 27.3 Å². The zero-order valence-electron chi connectivity index (χ0n) is 11.9. The van der Waals surface area contributed by atoms with Crippen LogP contribution in [0.3, 0.4) is 0 Å². The van der Waals surface area contributed by atoms with Crippen molar-refractivity contribution < 1.29 is 0 Å². The number of nitrogens with zero attached hydrogens (tertiary/aromatic N) is 1. The molecular formula is C17H15BrClN3. The first-order valence-corrected chi connectivity index (χ1v) is 8.38. The lowest BCUT2D eigenvalue weighted by molar-refractivity contribution is 0.416. The molecule has 0 fully saturated rings. The van der Waals surface area contributed by atoms with E-state index in [4.69, 9.17) is 11.6 Å². The fourth-order valence-electron chi connectivity index (χ4n) is 2.97. The predicted octanol–water partition coefficient (Wildman–Crippen LogP) is 4.67. The monoisotopic (exact) mass is 375 g/mol. The van der Waals surface area contributed by atoms with Crippen molar-refractivity contribution in [2.24, 2.45) is 0 Å². The predicted molar refractivity (Wildman–Crippen MR) is 95.1 cm³/mol. The molecule has 0 aromatic heterocycles. The third-order valence-electron chi connectivity index (χ3n) is 4.05. The van der Waals surface area contributed by atoms with Crippen molar-refractivity contribution in [3.8, 4) is 0 Å². The minimum absolute atomic E-state index is 0.776. The molecule has 0 bridgehead atoms. The van der Waals surface area contributed by atoms with Gasteiger partial charge < -0.3 is 10.7 Å². The van der Waals surface area contributed by atoms with E-state index < -0.39 is 0 Å². The van der Waals surface area contributed by atoms with E-state index in [0.717, 1.165) is 40.4 Å². The quantitative estimate of drug-likeness (QED) is 0.798.